The highest BCUT2D eigenvalue weighted by molar-refractivity contribution is 6.30. The molecule has 2 saturated heterocycles. The van der Waals surface area contributed by atoms with Crippen molar-refractivity contribution in [3.8, 4) is 5.75 Å². The lowest BCUT2D eigenvalue weighted by atomic mass is 10.1. The fourth-order valence-electron chi connectivity index (χ4n) is 4.25. The summed E-state index contributed by atoms with van der Waals surface area (Å²) in [6.45, 7) is 2.79. The monoisotopic (exact) mass is 470 g/mol. The van der Waals surface area contributed by atoms with Gasteiger partial charge in [-0.05, 0) is 36.4 Å². The van der Waals surface area contributed by atoms with Crippen LogP contribution >= 0.6 is 11.6 Å². The largest absolute Gasteiger partial charge is 0.495 e. The third kappa shape index (κ3) is 5.22. The van der Waals surface area contributed by atoms with E-state index in [-0.39, 0.29) is 37.2 Å². The van der Waals surface area contributed by atoms with E-state index in [1.165, 1.54) is 0 Å². The van der Waals surface area contributed by atoms with Crippen LogP contribution in [0.25, 0.3) is 0 Å². The van der Waals surface area contributed by atoms with Crippen LogP contribution in [0.2, 0.25) is 5.02 Å². The van der Waals surface area contributed by atoms with Crippen molar-refractivity contribution >= 4 is 40.7 Å². The first-order valence-electron chi connectivity index (χ1n) is 11.0. The molecule has 2 fully saturated rings. The fourth-order valence-corrected chi connectivity index (χ4v) is 4.38. The second-order valence-corrected chi connectivity index (χ2v) is 8.58. The summed E-state index contributed by atoms with van der Waals surface area (Å²) in [6.07, 6.45) is 0.109. The van der Waals surface area contributed by atoms with Gasteiger partial charge in [0.25, 0.3) is 0 Å². The van der Waals surface area contributed by atoms with E-state index in [1.807, 2.05) is 36.4 Å². The van der Waals surface area contributed by atoms with Crippen LogP contribution in [0.3, 0.4) is 0 Å². The Balaban J connectivity index is 1.26. The summed E-state index contributed by atoms with van der Waals surface area (Å²) >= 11 is 5.95. The minimum absolute atomic E-state index is 0.0703. The van der Waals surface area contributed by atoms with Crippen molar-refractivity contribution in [2.75, 3.05) is 56.2 Å². The summed E-state index contributed by atoms with van der Waals surface area (Å²) in [5, 5.41) is 3.42. The molecule has 0 spiro atoms. The molecule has 0 bridgehead atoms. The number of anilines is 2. The predicted molar refractivity (Wildman–Crippen MR) is 127 cm³/mol. The third-order valence-electron chi connectivity index (χ3n) is 6.11. The van der Waals surface area contributed by atoms with E-state index in [0.717, 1.165) is 5.69 Å². The summed E-state index contributed by atoms with van der Waals surface area (Å²) in [7, 11) is 1.55. The van der Waals surface area contributed by atoms with Crippen LogP contribution in [0.4, 0.5) is 11.4 Å². The standard InChI is InChI=1S/C24H27ClN4O4/c1-33-21-5-3-2-4-20(21)29-16-17(14-22(29)30)24(32)26-15-23(31)28-12-10-27(11-13-28)19-8-6-18(25)7-9-19/h2-9,17H,10-16H2,1H3,(H,26,32). The second kappa shape index (κ2) is 10.1. The molecule has 8 nitrogen and oxygen atoms in total. The zero-order valence-corrected chi connectivity index (χ0v) is 19.3. The molecule has 4 rings (SSSR count). The van der Waals surface area contributed by atoms with Crippen LogP contribution in [0, 0.1) is 5.92 Å². The second-order valence-electron chi connectivity index (χ2n) is 8.14. The minimum Gasteiger partial charge on any atom is -0.495 e. The molecular weight excluding hydrogens is 444 g/mol. The quantitative estimate of drug-likeness (QED) is 0.699. The van der Waals surface area contributed by atoms with Crippen molar-refractivity contribution in [1.29, 1.82) is 0 Å². The lowest BCUT2D eigenvalue weighted by Gasteiger charge is -2.36. The maximum absolute atomic E-state index is 12.7. The molecule has 0 aromatic heterocycles. The number of carbonyl (C=O) groups excluding carboxylic acids is 3. The molecule has 2 aliphatic rings. The maximum Gasteiger partial charge on any atom is 0.242 e. The molecule has 1 unspecified atom stereocenters. The van der Waals surface area contributed by atoms with Crippen molar-refractivity contribution in [3.63, 3.8) is 0 Å². The Morgan fingerprint density at radius 2 is 1.76 bits per heavy atom. The average molecular weight is 471 g/mol. The molecule has 9 heteroatoms. The number of benzene rings is 2. The summed E-state index contributed by atoms with van der Waals surface area (Å²) in [4.78, 5) is 43.3. The number of methoxy groups -OCH3 is 1. The number of rotatable bonds is 6. The summed E-state index contributed by atoms with van der Waals surface area (Å²) < 4.78 is 5.33. The van der Waals surface area contributed by atoms with Gasteiger partial charge in [-0.1, -0.05) is 23.7 Å². The van der Waals surface area contributed by atoms with Gasteiger partial charge in [0.2, 0.25) is 17.7 Å². The van der Waals surface area contributed by atoms with Crippen molar-refractivity contribution in [2.45, 2.75) is 6.42 Å². The number of para-hydroxylation sites is 2. The zero-order chi connectivity index (χ0) is 23.4. The molecule has 2 heterocycles. The molecule has 1 N–H and O–H groups in total. The smallest absolute Gasteiger partial charge is 0.242 e. The Morgan fingerprint density at radius 3 is 2.45 bits per heavy atom. The van der Waals surface area contributed by atoms with Crippen molar-refractivity contribution in [1.82, 2.24) is 10.2 Å². The van der Waals surface area contributed by atoms with E-state index in [1.54, 1.807) is 29.0 Å². The topological polar surface area (TPSA) is 82.2 Å². The molecular formula is C24H27ClN4O4. The van der Waals surface area contributed by atoms with Gasteiger partial charge in [0.1, 0.15) is 5.75 Å². The van der Waals surface area contributed by atoms with Gasteiger partial charge in [-0.15, -0.1) is 0 Å². The average Bonchev–Trinajstić information content (AvgIpc) is 3.24. The van der Waals surface area contributed by atoms with E-state index in [0.29, 0.717) is 42.6 Å². The van der Waals surface area contributed by atoms with Crippen molar-refractivity contribution in [3.05, 3.63) is 53.6 Å². The number of piperazine rings is 1. The zero-order valence-electron chi connectivity index (χ0n) is 18.5. The van der Waals surface area contributed by atoms with Gasteiger partial charge in [0.15, 0.2) is 0 Å². The van der Waals surface area contributed by atoms with Crippen LogP contribution in [-0.2, 0) is 14.4 Å². The van der Waals surface area contributed by atoms with Crippen molar-refractivity contribution in [2.24, 2.45) is 5.92 Å². The van der Waals surface area contributed by atoms with Gasteiger partial charge in [-0.3, -0.25) is 14.4 Å². The van der Waals surface area contributed by atoms with Crippen LogP contribution in [0.1, 0.15) is 6.42 Å². The highest BCUT2D eigenvalue weighted by atomic mass is 35.5. The number of ether oxygens (including phenoxy) is 1. The van der Waals surface area contributed by atoms with Gasteiger partial charge in [-0.2, -0.15) is 0 Å². The number of nitrogens with zero attached hydrogens (tertiary/aromatic N) is 3. The normalized spacial score (nSPS) is 18.4. The summed E-state index contributed by atoms with van der Waals surface area (Å²) in [5.41, 5.74) is 1.72. The molecule has 1 atom stereocenters. The predicted octanol–water partition coefficient (Wildman–Crippen LogP) is 2.17. The molecule has 33 heavy (non-hydrogen) atoms. The first kappa shape index (κ1) is 22.9. The minimum atomic E-state index is -0.503. The number of hydrogen-bond donors (Lipinski definition) is 1. The molecule has 2 aromatic carbocycles. The molecule has 0 aliphatic carbocycles. The summed E-state index contributed by atoms with van der Waals surface area (Å²) in [6, 6.07) is 14.9. The van der Waals surface area contributed by atoms with Crippen LogP contribution in [-0.4, -0.2) is 69.0 Å². The molecule has 3 amide bonds. The molecule has 2 aromatic rings. The third-order valence-corrected chi connectivity index (χ3v) is 6.36. The Kier molecular flexibility index (Phi) is 7.03. The first-order valence-corrected chi connectivity index (χ1v) is 11.3. The number of hydrogen-bond acceptors (Lipinski definition) is 5. The van der Waals surface area contributed by atoms with Crippen molar-refractivity contribution < 1.29 is 19.1 Å². The number of amides is 3. The number of carbonyl (C=O) groups is 3. The highest BCUT2D eigenvalue weighted by Crippen LogP contribution is 2.32. The Hall–Kier alpha value is -3.26. The van der Waals surface area contributed by atoms with E-state index in [4.69, 9.17) is 16.3 Å². The van der Waals surface area contributed by atoms with Gasteiger partial charge in [0, 0.05) is 49.9 Å². The Morgan fingerprint density at radius 1 is 1.06 bits per heavy atom. The van der Waals surface area contributed by atoms with Gasteiger partial charge in [0.05, 0.1) is 25.3 Å². The van der Waals surface area contributed by atoms with E-state index in [9.17, 15) is 14.4 Å². The molecule has 2 aliphatic heterocycles. The fraction of sp³-hybridized carbons (Fsp3) is 0.375. The highest BCUT2D eigenvalue weighted by Gasteiger charge is 2.36. The Labute approximate surface area is 198 Å². The van der Waals surface area contributed by atoms with Gasteiger partial charge in [-0.25, -0.2) is 0 Å². The maximum atomic E-state index is 12.7. The summed E-state index contributed by atoms with van der Waals surface area (Å²) in [5.74, 6) is -0.458. The van der Waals surface area contributed by atoms with Gasteiger partial charge >= 0.3 is 0 Å². The van der Waals surface area contributed by atoms with E-state index >= 15 is 0 Å². The number of halogens is 1. The lowest BCUT2D eigenvalue weighted by molar-refractivity contribution is -0.134. The van der Waals surface area contributed by atoms with Crippen LogP contribution < -0.4 is 19.9 Å². The van der Waals surface area contributed by atoms with Gasteiger partial charge < -0.3 is 24.8 Å². The van der Waals surface area contributed by atoms with E-state index in [2.05, 4.69) is 10.2 Å². The molecule has 0 saturated carbocycles. The first-order chi connectivity index (χ1) is 16.0. The molecule has 0 radical (unpaired) electrons. The van der Waals surface area contributed by atoms with Crippen LogP contribution in [0.15, 0.2) is 48.5 Å². The van der Waals surface area contributed by atoms with E-state index < -0.39 is 5.92 Å². The number of nitrogens with one attached hydrogen (secondary N) is 1. The SMILES string of the molecule is COc1ccccc1N1CC(C(=O)NCC(=O)N2CCN(c3ccc(Cl)cc3)CC2)CC1=O. The van der Waals surface area contributed by atoms with Crippen LogP contribution in [0.5, 0.6) is 5.75 Å². The molecule has 174 valence electrons. The lowest BCUT2D eigenvalue weighted by Crippen LogP contribution is -2.51. The Bertz CT molecular complexity index is 1020.